The van der Waals surface area contributed by atoms with Gasteiger partial charge in [0.2, 0.25) is 5.91 Å². The van der Waals surface area contributed by atoms with E-state index in [1.807, 2.05) is 18.0 Å². The summed E-state index contributed by atoms with van der Waals surface area (Å²) in [7, 11) is 1.85. The van der Waals surface area contributed by atoms with E-state index in [2.05, 4.69) is 11.4 Å². The van der Waals surface area contributed by atoms with Crippen molar-refractivity contribution in [3.05, 3.63) is 33.8 Å². The summed E-state index contributed by atoms with van der Waals surface area (Å²) in [6.45, 7) is 2.60. The fraction of sp³-hybridized carbons (Fsp3) is 0.500. The predicted molar refractivity (Wildman–Crippen MR) is 87.7 cm³/mol. The topological polar surface area (TPSA) is 56.1 Å². The van der Waals surface area contributed by atoms with Gasteiger partial charge in [-0.3, -0.25) is 9.69 Å². The Morgan fingerprint density at radius 3 is 2.68 bits per heavy atom. The second kappa shape index (κ2) is 6.87. The summed E-state index contributed by atoms with van der Waals surface area (Å²) < 4.78 is 0. The minimum Gasteiger partial charge on any atom is -0.337 e. The normalized spacial score (nSPS) is 16.9. The molecule has 0 spiro atoms. The zero-order chi connectivity index (χ0) is 16.3. The second-order valence-corrected chi connectivity index (χ2v) is 6.87. The summed E-state index contributed by atoms with van der Waals surface area (Å²) in [5.41, 5.74) is 0.233. The number of carbonyl (C=O) groups excluding carboxylic acids is 1. The van der Waals surface area contributed by atoms with Gasteiger partial charge < -0.3 is 5.32 Å². The van der Waals surface area contributed by atoms with Crippen LogP contribution < -0.4 is 5.32 Å². The summed E-state index contributed by atoms with van der Waals surface area (Å²) in [6, 6.07) is 7.64. The lowest BCUT2D eigenvalue weighted by Crippen LogP contribution is -2.49. The van der Waals surface area contributed by atoms with E-state index in [1.165, 1.54) is 0 Å². The monoisotopic (exact) mass is 339 g/mol. The molecule has 118 valence electrons. The third-order valence-corrected chi connectivity index (χ3v) is 4.61. The van der Waals surface area contributed by atoms with Gasteiger partial charge in [0.25, 0.3) is 0 Å². The minimum atomic E-state index is -0.749. The van der Waals surface area contributed by atoms with Crippen molar-refractivity contribution in [2.24, 2.45) is 5.92 Å². The Hall–Kier alpha value is -1.28. The number of nitriles is 1. The predicted octanol–water partition coefficient (Wildman–Crippen LogP) is 3.23. The number of nitrogens with zero attached hydrogens (tertiary/aromatic N) is 2. The molecule has 0 aromatic heterocycles. The summed E-state index contributed by atoms with van der Waals surface area (Å²) in [5.74, 6) is 0.139. The number of nitrogens with one attached hydrogen (secondary N) is 1. The number of amides is 1. The molecule has 1 aliphatic carbocycles. The molecule has 1 saturated carbocycles. The van der Waals surface area contributed by atoms with E-state index in [1.54, 1.807) is 19.1 Å². The van der Waals surface area contributed by atoms with Crippen molar-refractivity contribution in [1.82, 2.24) is 10.2 Å². The number of likely N-dealkylation sites (N-methyl/N-ethyl adjacent to an activating group) is 1. The maximum absolute atomic E-state index is 12.1. The zero-order valence-corrected chi connectivity index (χ0v) is 14.2. The van der Waals surface area contributed by atoms with Crippen molar-refractivity contribution < 1.29 is 4.79 Å². The molecule has 1 fully saturated rings. The molecule has 1 aromatic rings. The molecule has 0 radical (unpaired) electrons. The average molecular weight is 340 g/mol. The molecular weight excluding hydrogens is 321 g/mol. The smallest absolute Gasteiger partial charge is 0.235 e. The third-order valence-electron chi connectivity index (χ3n) is 3.88. The van der Waals surface area contributed by atoms with Crippen molar-refractivity contribution in [2.45, 2.75) is 31.8 Å². The van der Waals surface area contributed by atoms with E-state index >= 15 is 0 Å². The van der Waals surface area contributed by atoms with Crippen molar-refractivity contribution in [3.8, 4) is 6.07 Å². The van der Waals surface area contributed by atoms with Crippen molar-refractivity contribution in [2.75, 3.05) is 13.6 Å². The molecule has 4 nitrogen and oxygen atoms in total. The van der Waals surface area contributed by atoms with Crippen LogP contribution in [-0.4, -0.2) is 29.9 Å². The van der Waals surface area contributed by atoms with Gasteiger partial charge in [-0.15, -0.1) is 0 Å². The van der Waals surface area contributed by atoms with Gasteiger partial charge in [-0.25, -0.2) is 0 Å². The van der Waals surface area contributed by atoms with Gasteiger partial charge in [0.05, 0.1) is 22.7 Å². The molecule has 1 atom stereocenters. The van der Waals surface area contributed by atoms with E-state index in [9.17, 15) is 10.1 Å². The Kier molecular flexibility index (Phi) is 5.33. The molecule has 2 rings (SSSR count). The molecule has 0 bridgehead atoms. The van der Waals surface area contributed by atoms with Gasteiger partial charge in [0.1, 0.15) is 5.54 Å². The first-order valence-corrected chi connectivity index (χ1v) is 7.94. The van der Waals surface area contributed by atoms with Crippen LogP contribution in [0.3, 0.4) is 0 Å². The number of hydrogen-bond donors (Lipinski definition) is 1. The van der Waals surface area contributed by atoms with Crippen LogP contribution in [0.1, 0.15) is 25.3 Å². The molecule has 0 saturated heterocycles. The van der Waals surface area contributed by atoms with Gasteiger partial charge in [-0.1, -0.05) is 29.3 Å². The Morgan fingerprint density at radius 1 is 1.45 bits per heavy atom. The molecule has 0 aliphatic heterocycles. The van der Waals surface area contributed by atoms with E-state index in [0.717, 1.165) is 18.4 Å². The highest BCUT2D eigenvalue weighted by Crippen LogP contribution is 2.39. The molecule has 1 N–H and O–H groups in total. The van der Waals surface area contributed by atoms with Crippen LogP contribution in [0, 0.1) is 17.2 Å². The standard InChI is InChI=1S/C16H19Cl2N3O/c1-16(10-19,12-4-5-12)20-15(22)9-21(2)8-11-3-6-13(17)14(18)7-11/h3,6-7,12H,4-5,8-9H2,1-2H3,(H,20,22). The Morgan fingerprint density at radius 2 is 2.14 bits per heavy atom. The van der Waals surface area contributed by atoms with Crippen LogP contribution in [0.15, 0.2) is 18.2 Å². The van der Waals surface area contributed by atoms with Crippen LogP contribution in [0.4, 0.5) is 0 Å². The zero-order valence-electron chi connectivity index (χ0n) is 12.7. The Labute approximate surface area is 141 Å². The maximum atomic E-state index is 12.1. The fourth-order valence-corrected chi connectivity index (χ4v) is 2.78. The quantitative estimate of drug-likeness (QED) is 0.865. The highest BCUT2D eigenvalue weighted by atomic mass is 35.5. The van der Waals surface area contributed by atoms with Gasteiger partial charge in [0, 0.05) is 6.54 Å². The van der Waals surface area contributed by atoms with Gasteiger partial charge in [-0.05, 0) is 50.4 Å². The molecule has 1 amide bonds. The lowest BCUT2D eigenvalue weighted by molar-refractivity contribution is -0.123. The fourth-order valence-electron chi connectivity index (χ4n) is 2.46. The second-order valence-electron chi connectivity index (χ2n) is 6.06. The van der Waals surface area contributed by atoms with Crippen molar-refractivity contribution in [1.29, 1.82) is 5.26 Å². The van der Waals surface area contributed by atoms with Crippen molar-refractivity contribution >= 4 is 29.1 Å². The molecule has 1 aliphatic rings. The summed E-state index contributed by atoms with van der Waals surface area (Å²) in [4.78, 5) is 14.0. The highest BCUT2D eigenvalue weighted by molar-refractivity contribution is 6.42. The summed E-state index contributed by atoms with van der Waals surface area (Å²) in [6.07, 6.45) is 2.01. The first-order valence-electron chi connectivity index (χ1n) is 7.19. The number of rotatable bonds is 6. The van der Waals surface area contributed by atoms with E-state index in [-0.39, 0.29) is 18.4 Å². The van der Waals surface area contributed by atoms with Crippen LogP contribution in [0.5, 0.6) is 0 Å². The summed E-state index contributed by atoms with van der Waals surface area (Å²) >= 11 is 11.9. The molecule has 22 heavy (non-hydrogen) atoms. The lowest BCUT2D eigenvalue weighted by atomic mass is 9.98. The molecule has 1 unspecified atom stereocenters. The first kappa shape index (κ1) is 17.1. The third kappa shape index (κ3) is 4.36. The summed E-state index contributed by atoms with van der Waals surface area (Å²) in [5, 5.41) is 13.1. The van der Waals surface area contributed by atoms with Gasteiger partial charge >= 0.3 is 0 Å². The molecule has 0 heterocycles. The molecular formula is C16H19Cl2N3O. The maximum Gasteiger partial charge on any atom is 0.235 e. The average Bonchev–Trinajstić information content (AvgIpc) is 3.27. The van der Waals surface area contributed by atoms with Crippen LogP contribution in [-0.2, 0) is 11.3 Å². The van der Waals surface area contributed by atoms with Crippen molar-refractivity contribution in [3.63, 3.8) is 0 Å². The number of benzene rings is 1. The van der Waals surface area contributed by atoms with Crippen LogP contribution in [0.2, 0.25) is 10.0 Å². The largest absolute Gasteiger partial charge is 0.337 e. The number of hydrogen-bond acceptors (Lipinski definition) is 3. The van der Waals surface area contributed by atoms with Gasteiger partial charge in [0.15, 0.2) is 0 Å². The molecule has 6 heteroatoms. The first-order chi connectivity index (χ1) is 10.3. The molecule has 1 aromatic carbocycles. The SMILES string of the molecule is CN(CC(=O)NC(C)(C#N)C1CC1)Cc1ccc(Cl)c(Cl)c1. The number of carbonyl (C=O) groups is 1. The number of halogens is 2. The van der Waals surface area contributed by atoms with E-state index in [0.29, 0.717) is 16.6 Å². The lowest BCUT2D eigenvalue weighted by Gasteiger charge is -2.25. The van der Waals surface area contributed by atoms with E-state index < -0.39 is 5.54 Å². The van der Waals surface area contributed by atoms with Crippen LogP contribution in [0.25, 0.3) is 0 Å². The van der Waals surface area contributed by atoms with E-state index in [4.69, 9.17) is 23.2 Å². The van der Waals surface area contributed by atoms with Gasteiger partial charge in [-0.2, -0.15) is 5.26 Å². The minimum absolute atomic E-state index is 0.140. The Bertz CT molecular complexity index is 610. The Balaban J connectivity index is 1.88. The highest BCUT2D eigenvalue weighted by Gasteiger charge is 2.42. The van der Waals surface area contributed by atoms with Crippen LogP contribution >= 0.6 is 23.2 Å².